The van der Waals surface area contributed by atoms with Gasteiger partial charge in [0.05, 0.1) is 11.6 Å². The fraction of sp³-hybridized carbons (Fsp3) is 0.382. The van der Waals surface area contributed by atoms with Crippen molar-refractivity contribution in [2.45, 2.75) is 52.2 Å². The summed E-state index contributed by atoms with van der Waals surface area (Å²) in [7, 11) is 0. The van der Waals surface area contributed by atoms with Gasteiger partial charge in [0.1, 0.15) is 17.1 Å². The molecule has 0 aliphatic carbocycles. The van der Waals surface area contributed by atoms with Crippen LogP contribution in [0.5, 0.6) is 0 Å². The molecule has 0 saturated carbocycles. The number of hydrogen-bond donors (Lipinski definition) is 1. The van der Waals surface area contributed by atoms with Crippen LogP contribution < -0.4 is 4.90 Å². The summed E-state index contributed by atoms with van der Waals surface area (Å²) in [5.41, 5.74) is 2.91. The molecule has 0 spiro atoms. The highest BCUT2D eigenvalue weighted by atomic mass is 35.5. The van der Waals surface area contributed by atoms with Crippen LogP contribution in [0.2, 0.25) is 5.02 Å². The molecule has 1 atom stereocenters. The lowest BCUT2D eigenvalue weighted by molar-refractivity contribution is -0.133. The van der Waals surface area contributed by atoms with E-state index in [1.54, 1.807) is 35.4 Å². The number of rotatable bonds is 7. The third-order valence-electron chi connectivity index (χ3n) is 7.83. The third-order valence-corrected chi connectivity index (χ3v) is 8.08. The molecule has 0 unspecified atom stereocenters. The number of ether oxygens (including phenoxy) is 1. The summed E-state index contributed by atoms with van der Waals surface area (Å²) < 4.78 is 20.6. The maximum atomic E-state index is 14.9. The first-order valence-corrected chi connectivity index (χ1v) is 15.3. The monoisotopic (exact) mass is 619 g/mol. The molecule has 232 valence electrons. The van der Waals surface area contributed by atoms with E-state index in [1.807, 2.05) is 70.0 Å². The summed E-state index contributed by atoms with van der Waals surface area (Å²) in [5, 5.41) is 1.47. The smallest absolute Gasteiger partial charge is 0.410 e. The van der Waals surface area contributed by atoms with Gasteiger partial charge in [-0.3, -0.25) is 4.79 Å². The van der Waals surface area contributed by atoms with Crippen molar-refractivity contribution in [3.05, 3.63) is 83.4 Å². The first-order valence-electron chi connectivity index (χ1n) is 14.9. The van der Waals surface area contributed by atoms with Gasteiger partial charge in [-0.1, -0.05) is 41.9 Å². The van der Waals surface area contributed by atoms with Crippen LogP contribution in [0.1, 0.15) is 46.1 Å². The van der Waals surface area contributed by atoms with Gasteiger partial charge in [-0.15, -0.1) is 0 Å². The number of aromatic amines is 1. The van der Waals surface area contributed by atoms with E-state index in [4.69, 9.17) is 16.3 Å². The van der Waals surface area contributed by atoms with Crippen molar-refractivity contribution in [1.82, 2.24) is 19.8 Å². The zero-order chi connectivity index (χ0) is 31.6. The predicted octanol–water partition coefficient (Wildman–Crippen LogP) is 7.10. The number of nitrogens with one attached hydrogen (secondary N) is 1. The number of amides is 2. The van der Waals surface area contributed by atoms with E-state index < -0.39 is 17.6 Å². The molecule has 2 amide bonds. The maximum Gasteiger partial charge on any atom is 0.410 e. The van der Waals surface area contributed by atoms with Crippen molar-refractivity contribution in [2.24, 2.45) is 0 Å². The molecule has 10 heteroatoms. The minimum atomic E-state index is -0.667. The quantitative estimate of drug-likeness (QED) is 0.239. The van der Waals surface area contributed by atoms with Gasteiger partial charge in [0.2, 0.25) is 5.91 Å². The molecule has 1 aliphatic rings. The number of H-pyrrole nitrogens is 1. The molecule has 0 radical (unpaired) electrons. The normalized spacial score (nSPS) is 14.6. The Morgan fingerprint density at radius 2 is 1.70 bits per heavy atom. The molecule has 5 rings (SSSR count). The van der Waals surface area contributed by atoms with Gasteiger partial charge in [0.25, 0.3) is 0 Å². The Labute approximate surface area is 262 Å². The molecule has 8 nitrogen and oxygen atoms in total. The van der Waals surface area contributed by atoms with E-state index in [9.17, 15) is 14.0 Å². The molecule has 1 aliphatic heterocycles. The predicted molar refractivity (Wildman–Crippen MR) is 173 cm³/mol. The van der Waals surface area contributed by atoms with E-state index in [0.29, 0.717) is 42.3 Å². The van der Waals surface area contributed by atoms with Crippen LogP contribution in [0.4, 0.5) is 14.9 Å². The molecule has 2 aromatic carbocycles. The van der Waals surface area contributed by atoms with Crippen molar-refractivity contribution < 1.29 is 18.7 Å². The molecule has 3 heterocycles. The van der Waals surface area contributed by atoms with Crippen molar-refractivity contribution in [2.75, 3.05) is 37.6 Å². The highest BCUT2D eigenvalue weighted by Gasteiger charge is 2.34. The van der Waals surface area contributed by atoms with Crippen LogP contribution in [-0.4, -0.2) is 76.1 Å². The summed E-state index contributed by atoms with van der Waals surface area (Å²) >= 11 is 6.18. The van der Waals surface area contributed by atoms with E-state index in [1.165, 1.54) is 6.07 Å². The SMILES string of the molecule is CC(C)N(C[C@@H](C(=O)N1CCN(c2c(-c3ccccc3F)cnc3[nH]ccc23)CC1)c1ccc(Cl)cc1)C(=O)OC(C)(C)C. The fourth-order valence-corrected chi connectivity index (χ4v) is 5.74. The molecular weight excluding hydrogens is 581 g/mol. The number of halogens is 2. The number of fused-ring (bicyclic) bond motifs is 1. The van der Waals surface area contributed by atoms with Gasteiger partial charge in [0, 0.05) is 72.7 Å². The van der Waals surface area contributed by atoms with Crippen molar-refractivity contribution in [3.8, 4) is 11.1 Å². The zero-order valence-electron chi connectivity index (χ0n) is 25.8. The average Bonchev–Trinajstić information content (AvgIpc) is 3.46. The summed E-state index contributed by atoms with van der Waals surface area (Å²) in [5.74, 6) is -0.998. The lowest BCUT2D eigenvalue weighted by Gasteiger charge is -2.39. The lowest BCUT2D eigenvalue weighted by Crippen LogP contribution is -2.52. The second kappa shape index (κ2) is 12.9. The molecular formula is C34H39ClFN5O3. The first-order chi connectivity index (χ1) is 20.9. The largest absolute Gasteiger partial charge is 0.444 e. The Morgan fingerprint density at radius 1 is 1.02 bits per heavy atom. The van der Waals surface area contributed by atoms with E-state index >= 15 is 0 Å². The van der Waals surface area contributed by atoms with Crippen molar-refractivity contribution >= 4 is 40.3 Å². The van der Waals surface area contributed by atoms with Gasteiger partial charge in [-0.25, -0.2) is 14.2 Å². The molecule has 2 aromatic heterocycles. The highest BCUT2D eigenvalue weighted by Crippen LogP contribution is 2.38. The van der Waals surface area contributed by atoms with Crippen molar-refractivity contribution in [3.63, 3.8) is 0 Å². The number of pyridine rings is 1. The zero-order valence-corrected chi connectivity index (χ0v) is 26.6. The van der Waals surface area contributed by atoms with E-state index in [2.05, 4.69) is 14.9 Å². The summed E-state index contributed by atoms with van der Waals surface area (Å²) in [6.45, 7) is 11.5. The molecule has 1 fully saturated rings. The number of carbonyl (C=O) groups excluding carboxylic acids is 2. The van der Waals surface area contributed by atoms with Gasteiger partial charge in [-0.05, 0) is 64.4 Å². The molecule has 1 saturated heterocycles. The van der Waals surface area contributed by atoms with Crippen molar-refractivity contribution in [1.29, 1.82) is 0 Å². The lowest BCUT2D eigenvalue weighted by atomic mass is 9.95. The summed E-state index contributed by atoms with van der Waals surface area (Å²) in [6.07, 6.45) is 3.07. The second-order valence-corrected chi connectivity index (χ2v) is 12.8. The van der Waals surface area contributed by atoms with E-state index in [0.717, 1.165) is 22.3 Å². The highest BCUT2D eigenvalue weighted by molar-refractivity contribution is 6.30. The summed E-state index contributed by atoms with van der Waals surface area (Å²) in [6, 6.07) is 15.7. The Hall–Kier alpha value is -4.11. The second-order valence-electron chi connectivity index (χ2n) is 12.4. The number of benzene rings is 2. The number of nitrogens with zero attached hydrogens (tertiary/aromatic N) is 4. The van der Waals surface area contributed by atoms with E-state index in [-0.39, 0.29) is 24.3 Å². The van der Waals surface area contributed by atoms with Crippen LogP contribution in [0.3, 0.4) is 0 Å². The van der Waals surface area contributed by atoms with Crippen LogP contribution in [0, 0.1) is 5.82 Å². The standard InChI is InChI=1S/C34H39ClFN5O3/c1-22(2)41(33(43)44-34(3,4)5)21-28(23-10-12-24(35)13-11-23)32(42)40-18-16-39(17-19-40)30-26-14-15-37-31(26)38-20-27(30)25-8-6-7-9-29(25)36/h6-15,20,22,28H,16-19,21H2,1-5H3,(H,37,38)/t28-/m1/s1. The maximum absolute atomic E-state index is 14.9. The number of aromatic nitrogens is 2. The number of hydrogen-bond acceptors (Lipinski definition) is 5. The fourth-order valence-electron chi connectivity index (χ4n) is 5.62. The van der Waals surface area contributed by atoms with Gasteiger partial charge in [-0.2, -0.15) is 0 Å². The van der Waals surface area contributed by atoms with Crippen LogP contribution in [-0.2, 0) is 9.53 Å². The number of carbonyl (C=O) groups is 2. The topological polar surface area (TPSA) is 81.8 Å². The molecule has 44 heavy (non-hydrogen) atoms. The first kappa shape index (κ1) is 31.3. The Balaban J connectivity index is 1.41. The van der Waals surface area contributed by atoms with Gasteiger partial charge < -0.3 is 24.4 Å². The Kier molecular flexibility index (Phi) is 9.15. The minimum Gasteiger partial charge on any atom is -0.444 e. The van der Waals surface area contributed by atoms with Crippen LogP contribution in [0.25, 0.3) is 22.2 Å². The minimum absolute atomic E-state index is 0.0722. The molecule has 4 aromatic rings. The summed E-state index contributed by atoms with van der Waals surface area (Å²) in [4.78, 5) is 40.8. The Morgan fingerprint density at radius 3 is 2.34 bits per heavy atom. The molecule has 0 bridgehead atoms. The number of anilines is 1. The van der Waals surface area contributed by atoms with Gasteiger partial charge >= 0.3 is 6.09 Å². The van der Waals surface area contributed by atoms with Crippen LogP contribution >= 0.6 is 11.6 Å². The number of piperazine rings is 1. The van der Waals surface area contributed by atoms with Gasteiger partial charge in [0.15, 0.2) is 0 Å². The van der Waals surface area contributed by atoms with Crippen LogP contribution in [0.15, 0.2) is 67.0 Å². The third kappa shape index (κ3) is 6.83. The molecule has 1 N–H and O–H groups in total. The average molecular weight is 620 g/mol. The Bertz CT molecular complexity index is 1620.